The van der Waals surface area contributed by atoms with Crippen LogP contribution in [0.2, 0.25) is 5.02 Å². The summed E-state index contributed by atoms with van der Waals surface area (Å²) >= 11 is 8.08. The molecule has 24 heavy (non-hydrogen) atoms. The van der Waals surface area contributed by atoms with Crippen molar-refractivity contribution in [3.05, 3.63) is 46.3 Å². The van der Waals surface area contributed by atoms with E-state index in [2.05, 4.69) is 28.0 Å². The second-order valence-electron chi connectivity index (χ2n) is 6.14. The zero-order chi connectivity index (χ0) is 17.1. The Morgan fingerprint density at radius 2 is 1.92 bits per heavy atom. The molecule has 0 aliphatic carbocycles. The fourth-order valence-electron chi connectivity index (χ4n) is 2.98. The lowest BCUT2D eigenvalue weighted by atomic mass is 10.2. The van der Waals surface area contributed by atoms with Gasteiger partial charge in [0.2, 0.25) is 5.91 Å². The molecule has 1 aliphatic rings. The number of rotatable bonds is 5. The Kier molecular flexibility index (Phi) is 5.56. The number of amides is 1. The highest BCUT2D eigenvalue weighted by atomic mass is 35.5. The third-order valence-corrected chi connectivity index (χ3v) is 5.98. The fraction of sp³-hybridized carbons (Fsp3) is 0.389. The van der Waals surface area contributed by atoms with Gasteiger partial charge in [-0.3, -0.25) is 14.6 Å². The van der Waals surface area contributed by atoms with Crippen LogP contribution in [0.1, 0.15) is 11.8 Å². The van der Waals surface area contributed by atoms with E-state index in [4.69, 9.17) is 17.3 Å². The molecule has 0 unspecified atom stereocenters. The van der Waals surface area contributed by atoms with Crippen molar-refractivity contribution in [1.29, 1.82) is 0 Å². The maximum Gasteiger partial charge on any atom is 0.234 e. The Morgan fingerprint density at radius 3 is 2.58 bits per heavy atom. The van der Waals surface area contributed by atoms with Crippen LogP contribution in [0.25, 0.3) is 10.4 Å². The molecule has 1 aromatic carbocycles. The van der Waals surface area contributed by atoms with Crippen molar-refractivity contribution in [1.82, 2.24) is 9.80 Å². The van der Waals surface area contributed by atoms with Gasteiger partial charge in [-0.05, 0) is 25.1 Å². The molecule has 1 aromatic heterocycles. The molecular weight excluding hydrogens is 342 g/mol. The zero-order valence-corrected chi connectivity index (χ0v) is 15.3. The van der Waals surface area contributed by atoms with E-state index in [1.165, 1.54) is 9.75 Å². The normalized spacial score (nSPS) is 17.8. The van der Waals surface area contributed by atoms with Gasteiger partial charge in [0.1, 0.15) is 0 Å². The van der Waals surface area contributed by atoms with Crippen LogP contribution in [-0.4, -0.2) is 47.9 Å². The Balaban J connectivity index is 1.59. The van der Waals surface area contributed by atoms with E-state index in [-0.39, 0.29) is 11.9 Å². The number of thiophene rings is 1. The summed E-state index contributed by atoms with van der Waals surface area (Å²) in [7, 11) is 0. The number of piperazine rings is 1. The average Bonchev–Trinajstić information content (AvgIpc) is 3.03. The molecule has 2 heterocycles. The van der Waals surface area contributed by atoms with E-state index in [0.717, 1.165) is 43.3 Å². The van der Waals surface area contributed by atoms with Crippen LogP contribution in [0.5, 0.6) is 0 Å². The number of carbonyl (C=O) groups is 1. The molecule has 1 saturated heterocycles. The second-order valence-corrected chi connectivity index (χ2v) is 7.71. The SMILES string of the molecule is C[C@@H](C(N)=O)N1CCN(Cc2ccc(-c3ccccc3Cl)s2)CC1. The quantitative estimate of drug-likeness (QED) is 0.888. The van der Waals surface area contributed by atoms with E-state index in [1.54, 1.807) is 11.3 Å². The lowest BCUT2D eigenvalue weighted by Crippen LogP contribution is -2.52. The summed E-state index contributed by atoms with van der Waals surface area (Å²) in [6, 6.07) is 12.1. The summed E-state index contributed by atoms with van der Waals surface area (Å²) in [6.07, 6.45) is 0. The summed E-state index contributed by atoms with van der Waals surface area (Å²) in [5, 5.41) is 0.792. The topological polar surface area (TPSA) is 49.6 Å². The van der Waals surface area contributed by atoms with Gasteiger partial charge in [0.15, 0.2) is 0 Å². The van der Waals surface area contributed by atoms with E-state index in [0.29, 0.717) is 0 Å². The minimum absolute atomic E-state index is 0.180. The molecule has 0 spiro atoms. The second kappa shape index (κ2) is 7.66. The molecule has 0 saturated carbocycles. The number of hydrogen-bond donors (Lipinski definition) is 1. The molecule has 0 radical (unpaired) electrons. The largest absolute Gasteiger partial charge is 0.368 e. The Bertz CT molecular complexity index is 710. The van der Waals surface area contributed by atoms with Crippen LogP contribution in [-0.2, 0) is 11.3 Å². The number of benzene rings is 1. The molecule has 1 atom stereocenters. The van der Waals surface area contributed by atoms with Gasteiger partial charge in [0.25, 0.3) is 0 Å². The van der Waals surface area contributed by atoms with Gasteiger partial charge in [-0.1, -0.05) is 29.8 Å². The summed E-state index contributed by atoms with van der Waals surface area (Å²) < 4.78 is 0. The van der Waals surface area contributed by atoms with Crippen LogP contribution in [0.4, 0.5) is 0 Å². The molecule has 0 bridgehead atoms. The van der Waals surface area contributed by atoms with E-state index >= 15 is 0 Å². The Morgan fingerprint density at radius 1 is 1.21 bits per heavy atom. The molecule has 128 valence electrons. The molecule has 2 aromatic rings. The number of nitrogens with zero attached hydrogens (tertiary/aromatic N) is 2. The molecule has 3 rings (SSSR count). The van der Waals surface area contributed by atoms with Crippen molar-refractivity contribution in [2.45, 2.75) is 19.5 Å². The number of carbonyl (C=O) groups excluding carboxylic acids is 1. The third kappa shape index (κ3) is 3.98. The average molecular weight is 364 g/mol. The molecule has 1 amide bonds. The van der Waals surface area contributed by atoms with E-state index in [1.807, 2.05) is 25.1 Å². The highest BCUT2D eigenvalue weighted by Gasteiger charge is 2.24. The third-order valence-electron chi connectivity index (χ3n) is 4.55. The number of primary amides is 1. The van der Waals surface area contributed by atoms with Gasteiger partial charge in [0, 0.05) is 53.1 Å². The lowest BCUT2D eigenvalue weighted by Gasteiger charge is -2.36. The van der Waals surface area contributed by atoms with Crippen molar-refractivity contribution in [3.63, 3.8) is 0 Å². The summed E-state index contributed by atoms with van der Waals surface area (Å²) in [5.74, 6) is -0.244. The van der Waals surface area contributed by atoms with E-state index in [9.17, 15) is 4.79 Å². The van der Waals surface area contributed by atoms with Crippen LogP contribution in [0.3, 0.4) is 0 Å². The predicted octanol–water partition coefficient (Wildman–Crippen LogP) is 3.06. The smallest absolute Gasteiger partial charge is 0.234 e. The number of hydrogen-bond acceptors (Lipinski definition) is 4. The van der Waals surface area contributed by atoms with E-state index < -0.39 is 0 Å². The molecule has 2 N–H and O–H groups in total. The summed E-state index contributed by atoms with van der Waals surface area (Å²) in [5.41, 5.74) is 6.48. The minimum atomic E-state index is -0.244. The van der Waals surface area contributed by atoms with Crippen LogP contribution in [0, 0.1) is 0 Å². The first-order chi connectivity index (χ1) is 11.5. The highest BCUT2D eigenvalue weighted by molar-refractivity contribution is 7.15. The number of halogens is 1. The number of nitrogens with two attached hydrogens (primary N) is 1. The van der Waals surface area contributed by atoms with Crippen molar-refractivity contribution in [2.24, 2.45) is 5.73 Å². The Hall–Kier alpha value is -1.40. The minimum Gasteiger partial charge on any atom is -0.368 e. The van der Waals surface area contributed by atoms with Gasteiger partial charge >= 0.3 is 0 Å². The molecule has 6 heteroatoms. The molecule has 1 aliphatic heterocycles. The van der Waals surface area contributed by atoms with Crippen LogP contribution < -0.4 is 5.73 Å². The first-order valence-electron chi connectivity index (χ1n) is 8.14. The molecule has 1 fully saturated rings. The maximum absolute atomic E-state index is 11.3. The zero-order valence-electron chi connectivity index (χ0n) is 13.7. The van der Waals surface area contributed by atoms with Gasteiger partial charge in [0.05, 0.1) is 6.04 Å². The van der Waals surface area contributed by atoms with Crippen molar-refractivity contribution in [2.75, 3.05) is 26.2 Å². The van der Waals surface area contributed by atoms with Gasteiger partial charge in [-0.15, -0.1) is 11.3 Å². The van der Waals surface area contributed by atoms with Crippen molar-refractivity contribution < 1.29 is 4.79 Å². The van der Waals surface area contributed by atoms with Gasteiger partial charge in [-0.25, -0.2) is 0 Å². The van der Waals surface area contributed by atoms with Gasteiger partial charge in [-0.2, -0.15) is 0 Å². The first-order valence-corrected chi connectivity index (χ1v) is 9.33. The standard InChI is InChI=1S/C18H22ClN3OS/c1-13(18(20)23)22-10-8-21(9-11-22)12-14-6-7-17(24-14)15-4-2-3-5-16(15)19/h2-7,13H,8-12H2,1H3,(H2,20,23)/t13-/m0/s1. The van der Waals surface area contributed by atoms with Crippen LogP contribution >= 0.6 is 22.9 Å². The fourth-order valence-corrected chi connectivity index (χ4v) is 4.36. The molecule has 4 nitrogen and oxygen atoms in total. The predicted molar refractivity (Wildman–Crippen MR) is 100 cm³/mol. The monoisotopic (exact) mass is 363 g/mol. The van der Waals surface area contributed by atoms with Crippen molar-refractivity contribution in [3.8, 4) is 10.4 Å². The van der Waals surface area contributed by atoms with Crippen LogP contribution in [0.15, 0.2) is 36.4 Å². The molecular formula is C18H22ClN3OS. The van der Waals surface area contributed by atoms with Gasteiger partial charge < -0.3 is 5.73 Å². The maximum atomic E-state index is 11.3. The highest BCUT2D eigenvalue weighted by Crippen LogP contribution is 2.33. The summed E-state index contributed by atoms with van der Waals surface area (Å²) in [4.78, 5) is 18.4. The first kappa shape index (κ1) is 17.4. The van der Waals surface area contributed by atoms with Crippen molar-refractivity contribution >= 4 is 28.8 Å². The Labute approximate surface area is 151 Å². The summed E-state index contributed by atoms with van der Waals surface area (Å²) in [6.45, 7) is 6.49. The lowest BCUT2D eigenvalue weighted by molar-refractivity contribution is -0.123.